The lowest BCUT2D eigenvalue weighted by atomic mass is 10.1. The molecular formula is C8H15NO4. The van der Waals surface area contributed by atoms with Crippen molar-refractivity contribution < 1.29 is 19.4 Å². The average molecular weight is 189 g/mol. The Kier molecular flexibility index (Phi) is 4.34. The Hall–Kier alpha value is -0.460. The van der Waals surface area contributed by atoms with Gasteiger partial charge < -0.3 is 14.6 Å². The second-order valence-corrected chi connectivity index (χ2v) is 2.87. The van der Waals surface area contributed by atoms with Gasteiger partial charge in [0.1, 0.15) is 0 Å². The zero-order valence-corrected chi connectivity index (χ0v) is 7.87. The molecular weight excluding hydrogens is 174 g/mol. The van der Waals surface area contributed by atoms with Crippen molar-refractivity contribution in [2.45, 2.75) is 13.2 Å². The molecule has 13 heavy (non-hydrogen) atoms. The van der Waals surface area contributed by atoms with Crippen LogP contribution < -0.4 is 5.48 Å². The van der Waals surface area contributed by atoms with Crippen LogP contribution in [0.2, 0.25) is 0 Å². The number of hydroxylamine groups is 1. The van der Waals surface area contributed by atoms with E-state index < -0.39 is 6.23 Å². The normalized spacial score (nSPS) is 19.6. The summed E-state index contributed by atoms with van der Waals surface area (Å²) >= 11 is 0. The number of hydrogen-bond donors (Lipinski definition) is 2. The Morgan fingerprint density at radius 2 is 2.38 bits per heavy atom. The van der Waals surface area contributed by atoms with Gasteiger partial charge in [-0.15, -0.1) is 0 Å². The van der Waals surface area contributed by atoms with Gasteiger partial charge in [0.25, 0.3) is 0 Å². The first-order valence-electron chi connectivity index (χ1n) is 4.06. The molecule has 0 aromatic heterocycles. The molecule has 5 heteroatoms. The monoisotopic (exact) mass is 189 g/mol. The van der Waals surface area contributed by atoms with Crippen LogP contribution in [0.1, 0.15) is 6.92 Å². The van der Waals surface area contributed by atoms with Gasteiger partial charge in [-0.05, 0) is 12.5 Å². The van der Waals surface area contributed by atoms with Crippen molar-refractivity contribution in [3.8, 4) is 0 Å². The molecule has 0 aliphatic carbocycles. The quantitative estimate of drug-likeness (QED) is 0.271. The number of hydrogen-bond acceptors (Lipinski definition) is 5. The largest absolute Gasteiger partial charge is 0.373 e. The number of aliphatic hydroxyl groups excluding tert-OH is 1. The fourth-order valence-corrected chi connectivity index (χ4v) is 1.09. The Bertz CT molecular complexity index is 193. The van der Waals surface area contributed by atoms with Gasteiger partial charge >= 0.3 is 0 Å². The van der Waals surface area contributed by atoms with E-state index in [9.17, 15) is 5.11 Å². The highest BCUT2D eigenvalue weighted by Crippen LogP contribution is 2.15. The van der Waals surface area contributed by atoms with Crippen molar-refractivity contribution in [1.29, 1.82) is 0 Å². The van der Waals surface area contributed by atoms with Gasteiger partial charge in [-0.2, -0.15) is 5.48 Å². The maximum atomic E-state index is 9.52. The molecule has 1 rings (SSSR count). The SMILES string of the molecule is COCONC(O)C1=C(C)COC1. The third-order valence-corrected chi connectivity index (χ3v) is 1.83. The number of methoxy groups -OCH3 is 1. The van der Waals surface area contributed by atoms with E-state index in [-0.39, 0.29) is 6.79 Å². The van der Waals surface area contributed by atoms with Crippen LogP contribution in [0.3, 0.4) is 0 Å². The third kappa shape index (κ3) is 3.06. The predicted octanol–water partition coefficient (Wildman–Crippen LogP) is -0.223. The summed E-state index contributed by atoms with van der Waals surface area (Å²) in [4.78, 5) is 4.79. The van der Waals surface area contributed by atoms with Crippen molar-refractivity contribution in [1.82, 2.24) is 5.48 Å². The molecule has 1 atom stereocenters. The molecule has 2 N–H and O–H groups in total. The molecule has 0 fully saturated rings. The Labute approximate surface area is 77.2 Å². The van der Waals surface area contributed by atoms with Gasteiger partial charge in [-0.3, -0.25) is 4.84 Å². The molecule has 0 radical (unpaired) electrons. The van der Waals surface area contributed by atoms with Crippen LogP contribution in [-0.4, -0.2) is 38.5 Å². The number of rotatable bonds is 5. The smallest absolute Gasteiger partial charge is 0.166 e. The molecule has 1 heterocycles. The standard InChI is InChI=1S/C8H15NO4/c1-6-3-12-4-7(6)8(10)9-13-5-11-2/h8-10H,3-5H2,1-2H3. The summed E-state index contributed by atoms with van der Waals surface area (Å²) in [6, 6.07) is 0. The first-order chi connectivity index (χ1) is 6.25. The Balaban J connectivity index is 2.30. The van der Waals surface area contributed by atoms with Gasteiger partial charge in [0.2, 0.25) is 0 Å². The Morgan fingerprint density at radius 3 is 2.92 bits per heavy atom. The zero-order chi connectivity index (χ0) is 9.68. The van der Waals surface area contributed by atoms with E-state index in [2.05, 4.69) is 10.2 Å². The first-order valence-corrected chi connectivity index (χ1v) is 4.06. The van der Waals surface area contributed by atoms with Crippen LogP contribution in [0, 0.1) is 0 Å². The van der Waals surface area contributed by atoms with Crippen molar-refractivity contribution >= 4 is 0 Å². The summed E-state index contributed by atoms with van der Waals surface area (Å²) in [6.45, 7) is 3.06. The fourth-order valence-electron chi connectivity index (χ4n) is 1.09. The molecule has 0 amide bonds. The summed E-state index contributed by atoms with van der Waals surface area (Å²) < 4.78 is 9.77. The van der Waals surface area contributed by atoms with E-state index in [4.69, 9.17) is 9.57 Å². The van der Waals surface area contributed by atoms with Gasteiger partial charge in [0.05, 0.1) is 13.2 Å². The number of nitrogens with one attached hydrogen (secondary N) is 1. The van der Waals surface area contributed by atoms with Crippen LogP contribution >= 0.6 is 0 Å². The highest BCUT2D eigenvalue weighted by Gasteiger charge is 2.18. The topological polar surface area (TPSA) is 60.0 Å². The molecule has 1 aliphatic rings. The van der Waals surface area contributed by atoms with E-state index in [1.54, 1.807) is 0 Å². The lowest BCUT2D eigenvalue weighted by Gasteiger charge is -2.13. The molecule has 0 aromatic carbocycles. The summed E-state index contributed by atoms with van der Waals surface area (Å²) in [7, 11) is 1.51. The van der Waals surface area contributed by atoms with E-state index in [0.29, 0.717) is 13.2 Å². The van der Waals surface area contributed by atoms with Crippen LogP contribution in [0.5, 0.6) is 0 Å². The minimum Gasteiger partial charge on any atom is -0.373 e. The molecule has 0 spiro atoms. The molecule has 0 bridgehead atoms. The van der Waals surface area contributed by atoms with Crippen LogP contribution in [0.4, 0.5) is 0 Å². The maximum Gasteiger partial charge on any atom is 0.166 e. The van der Waals surface area contributed by atoms with Crippen molar-refractivity contribution in [3.63, 3.8) is 0 Å². The van der Waals surface area contributed by atoms with Crippen LogP contribution in [0.15, 0.2) is 11.1 Å². The minimum absolute atomic E-state index is 0.101. The molecule has 1 unspecified atom stereocenters. The van der Waals surface area contributed by atoms with E-state index >= 15 is 0 Å². The summed E-state index contributed by atoms with van der Waals surface area (Å²) in [5, 5.41) is 9.52. The highest BCUT2D eigenvalue weighted by molar-refractivity contribution is 5.19. The Morgan fingerprint density at radius 1 is 1.62 bits per heavy atom. The van der Waals surface area contributed by atoms with Crippen LogP contribution in [-0.2, 0) is 14.3 Å². The van der Waals surface area contributed by atoms with Gasteiger partial charge in [0, 0.05) is 12.7 Å². The first kappa shape index (κ1) is 10.6. The summed E-state index contributed by atoms with van der Waals surface area (Å²) in [5.41, 5.74) is 4.32. The van der Waals surface area contributed by atoms with Crippen LogP contribution in [0.25, 0.3) is 0 Å². The molecule has 0 aromatic rings. The average Bonchev–Trinajstić information content (AvgIpc) is 2.52. The number of aliphatic hydroxyl groups is 1. The van der Waals surface area contributed by atoms with Crippen molar-refractivity contribution in [2.24, 2.45) is 0 Å². The maximum absolute atomic E-state index is 9.52. The van der Waals surface area contributed by atoms with Gasteiger partial charge in [-0.25, -0.2) is 0 Å². The van der Waals surface area contributed by atoms with E-state index in [0.717, 1.165) is 11.1 Å². The molecule has 76 valence electrons. The molecule has 1 aliphatic heterocycles. The molecule has 5 nitrogen and oxygen atoms in total. The van der Waals surface area contributed by atoms with E-state index in [1.165, 1.54) is 7.11 Å². The lowest BCUT2D eigenvalue weighted by Crippen LogP contribution is -2.32. The third-order valence-electron chi connectivity index (χ3n) is 1.83. The second-order valence-electron chi connectivity index (χ2n) is 2.87. The number of ether oxygens (including phenoxy) is 2. The highest BCUT2D eigenvalue weighted by atomic mass is 16.8. The van der Waals surface area contributed by atoms with E-state index in [1.807, 2.05) is 6.92 Å². The fraction of sp³-hybridized carbons (Fsp3) is 0.750. The summed E-state index contributed by atoms with van der Waals surface area (Å²) in [6.07, 6.45) is -0.808. The van der Waals surface area contributed by atoms with Gasteiger partial charge in [-0.1, -0.05) is 0 Å². The predicted molar refractivity (Wildman–Crippen MR) is 45.6 cm³/mol. The zero-order valence-electron chi connectivity index (χ0n) is 7.87. The molecule has 0 saturated heterocycles. The minimum atomic E-state index is -0.808. The lowest BCUT2D eigenvalue weighted by molar-refractivity contribution is -0.121. The second kappa shape index (κ2) is 5.31. The van der Waals surface area contributed by atoms with Crippen molar-refractivity contribution in [3.05, 3.63) is 11.1 Å². The summed E-state index contributed by atoms with van der Waals surface area (Å²) in [5.74, 6) is 0. The van der Waals surface area contributed by atoms with Gasteiger partial charge in [0.15, 0.2) is 13.0 Å². The van der Waals surface area contributed by atoms with Crippen molar-refractivity contribution in [2.75, 3.05) is 27.1 Å². The molecule has 0 saturated carbocycles.